The van der Waals surface area contributed by atoms with Crippen LogP contribution in [0.15, 0.2) is 83.8 Å². The Hall–Kier alpha value is -3.25. The Morgan fingerprint density at radius 1 is 0.966 bits per heavy atom. The van der Waals surface area contributed by atoms with Gasteiger partial charge >= 0.3 is 0 Å². The van der Waals surface area contributed by atoms with E-state index in [1.54, 1.807) is 0 Å². The quantitative estimate of drug-likeness (QED) is 0.513. The van der Waals surface area contributed by atoms with E-state index >= 15 is 0 Å². The molecule has 0 saturated carbocycles. The van der Waals surface area contributed by atoms with Gasteiger partial charge < -0.3 is 9.80 Å². The molecule has 0 amide bonds. The van der Waals surface area contributed by atoms with Crippen molar-refractivity contribution in [3.63, 3.8) is 0 Å². The van der Waals surface area contributed by atoms with E-state index in [0.29, 0.717) is 12.8 Å². The molecule has 2 aromatic carbocycles. The van der Waals surface area contributed by atoms with Gasteiger partial charge in [-0.3, -0.25) is 4.79 Å². The van der Waals surface area contributed by atoms with Gasteiger partial charge in [-0.25, -0.2) is 0 Å². The number of hydrogen-bond acceptors (Lipinski definition) is 3. The Bertz CT molecular complexity index is 1010. The van der Waals surface area contributed by atoms with Gasteiger partial charge in [-0.15, -0.1) is 0 Å². The molecule has 146 valence electrons. The molecule has 3 heteroatoms. The summed E-state index contributed by atoms with van der Waals surface area (Å²) in [5.41, 5.74) is 11.7. The minimum atomic E-state index is 0.179. The number of nitrogens with zero attached hydrogens (tertiary/aromatic N) is 2. The Balaban J connectivity index is 1.33. The number of anilines is 2. The van der Waals surface area contributed by atoms with Gasteiger partial charge in [-0.2, -0.15) is 0 Å². The Morgan fingerprint density at radius 2 is 1.69 bits per heavy atom. The fourth-order valence-electron chi connectivity index (χ4n) is 3.91. The van der Waals surface area contributed by atoms with E-state index in [0.717, 1.165) is 37.3 Å². The number of benzene rings is 2. The van der Waals surface area contributed by atoms with Crippen LogP contribution in [0.2, 0.25) is 0 Å². The van der Waals surface area contributed by atoms with Crippen LogP contribution in [0.25, 0.3) is 0 Å². The highest BCUT2D eigenvalue weighted by Crippen LogP contribution is 2.24. The second-order valence-electron chi connectivity index (χ2n) is 7.55. The summed E-state index contributed by atoms with van der Waals surface area (Å²) >= 11 is 0. The third kappa shape index (κ3) is 4.60. The number of Topliss-reactive ketones (excluding diaryl/α,β-unsaturated/α-hetero) is 1. The number of rotatable bonds is 6. The summed E-state index contributed by atoms with van der Waals surface area (Å²) in [6.45, 7) is 6.17. The molecule has 4 rings (SSSR count). The molecule has 1 heterocycles. The summed E-state index contributed by atoms with van der Waals surface area (Å²) in [4.78, 5) is 17.4. The standard InChI is InChI=1S/C26H26N2O/c1-21-7-5-6-10-25(21)28-19-17-27(18-20-28)24-14-12-23(13-15-24)26(29)16-11-22-8-3-2-4-9-22/h2-3,5-8,10,12-15H,11,16-20H2,1H3. The molecule has 0 N–H and O–H groups in total. The normalized spacial score (nSPS) is 15.6. The second-order valence-corrected chi connectivity index (χ2v) is 7.55. The first-order valence-electron chi connectivity index (χ1n) is 10.3. The topological polar surface area (TPSA) is 23.6 Å². The van der Waals surface area contributed by atoms with E-state index in [1.165, 1.54) is 16.9 Å². The van der Waals surface area contributed by atoms with Gasteiger partial charge in [0.15, 0.2) is 5.78 Å². The lowest BCUT2D eigenvalue weighted by Crippen LogP contribution is -2.46. The fourth-order valence-corrected chi connectivity index (χ4v) is 3.91. The highest BCUT2D eigenvalue weighted by molar-refractivity contribution is 5.96. The average Bonchev–Trinajstić information content (AvgIpc) is 2.79. The van der Waals surface area contributed by atoms with Crippen molar-refractivity contribution >= 4 is 17.2 Å². The van der Waals surface area contributed by atoms with Crippen LogP contribution in [0.4, 0.5) is 11.4 Å². The van der Waals surface area contributed by atoms with Crippen LogP contribution in [0.3, 0.4) is 0 Å². The van der Waals surface area contributed by atoms with Crippen LogP contribution in [-0.2, 0) is 0 Å². The minimum absolute atomic E-state index is 0.179. The van der Waals surface area contributed by atoms with Crippen molar-refractivity contribution in [1.82, 2.24) is 0 Å². The zero-order valence-electron chi connectivity index (χ0n) is 16.9. The van der Waals surface area contributed by atoms with Crippen LogP contribution < -0.4 is 9.80 Å². The molecule has 1 aliphatic heterocycles. The molecule has 1 aliphatic carbocycles. The molecular weight excluding hydrogens is 356 g/mol. The summed E-state index contributed by atoms with van der Waals surface area (Å²) in [5, 5.41) is 0. The lowest BCUT2D eigenvalue weighted by atomic mass is 10.0. The number of piperazine rings is 1. The third-order valence-electron chi connectivity index (χ3n) is 5.62. The van der Waals surface area contributed by atoms with Crippen LogP contribution >= 0.6 is 0 Å². The molecular formula is C26H26N2O. The molecule has 0 atom stereocenters. The molecule has 0 spiro atoms. The minimum Gasteiger partial charge on any atom is -0.368 e. The molecule has 3 nitrogen and oxygen atoms in total. The third-order valence-corrected chi connectivity index (χ3v) is 5.62. The SMILES string of the molecule is Cc1ccccc1N1CCN(c2ccc(C(=O)CCC3=C=C=CC=C3)cc2)CC1. The number of carbonyl (C=O) groups excluding carboxylic acids is 1. The van der Waals surface area contributed by atoms with Crippen molar-refractivity contribution in [3.8, 4) is 0 Å². The maximum absolute atomic E-state index is 12.5. The molecule has 0 unspecified atom stereocenters. The zero-order chi connectivity index (χ0) is 20.1. The Morgan fingerprint density at radius 3 is 2.38 bits per heavy atom. The number of carbonyl (C=O) groups is 1. The monoisotopic (exact) mass is 382 g/mol. The molecule has 0 aromatic heterocycles. The smallest absolute Gasteiger partial charge is 0.163 e. The van der Waals surface area contributed by atoms with Gasteiger partial charge in [0.2, 0.25) is 0 Å². The predicted octanol–water partition coefficient (Wildman–Crippen LogP) is 5.09. The molecule has 2 aliphatic rings. The number of aryl methyl sites for hydroxylation is 1. The summed E-state index contributed by atoms with van der Waals surface area (Å²) < 4.78 is 0. The van der Waals surface area contributed by atoms with Crippen molar-refractivity contribution in [3.05, 3.63) is 94.9 Å². The van der Waals surface area contributed by atoms with Crippen LogP contribution in [0, 0.1) is 6.92 Å². The van der Waals surface area contributed by atoms with Gasteiger partial charge in [0.1, 0.15) is 0 Å². The van der Waals surface area contributed by atoms with Crippen molar-refractivity contribution in [2.45, 2.75) is 19.8 Å². The summed E-state index contributed by atoms with van der Waals surface area (Å²) in [6.07, 6.45) is 6.96. The number of para-hydroxylation sites is 1. The zero-order valence-corrected chi connectivity index (χ0v) is 16.9. The van der Waals surface area contributed by atoms with E-state index in [2.05, 4.69) is 64.6 Å². The highest BCUT2D eigenvalue weighted by atomic mass is 16.1. The molecule has 2 aromatic rings. The van der Waals surface area contributed by atoms with Crippen LogP contribution in [-0.4, -0.2) is 32.0 Å². The molecule has 1 saturated heterocycles. The van der Waals surface area contributed by atoms with Gasteiger partial charge in [-0.05, 0) is 61.4 Å². The molecule has 0 radical (unpaired) electrons. The van der Waals surface area contributed by atoms with Gasteiger partial charge in [-0.1, -0.05) is 35.7 Å². The molecule has 29 heavy (non-hydrogen) atoms. The van der Waals surface area contributed by atoms with Crippen LogP contribution in [0.5, 0.6) is 0 Å². The first-order chi connectivity index (χ1) is 14.2. The Labute approximate surface area is 173 Å². The number of ketones is 1. The lowest BCUT2D eigenvalue weighted by Gasteiger charge is -2.38. The van der Waals surface area contributed by atoms with E-state index in [9.17, 15) is 4.79 Å². The molecule has 0 bridgehead atoms. The van der Waals surface area contributed by atoms with Gasteiger partial charge in [0.05, 0.1) is 0 Å². The van der Waals surface area contributed by atoms with E-state index in [-0.39, 0.29) is 5.78 Å². The maximum atomic E-state index is 12.5. The number of allylic oxidation sites excluding steroid dienone is 4. The molecule has 1 fully saturated rings. The van der Waals surface area contributed by atoms with Gasteiger partial charge in [0.25, 0.3) is 0 Å². The number of hydrogen-bond donors (Lipinski definition) is 0. The maximum Gasteiger partial charge on any atom is 0.163 e. The summed E-state index contributed by atoms with van der Waals surface area (Å²) in [5.74, 6) is 0.179. The lowest BCUT2D eigenvalue weighted by molar-refractivity contribution is 0.0983. The van der Waals surface area contributed by atoms with Crippen LogP contribution in [0.1, 0.15) is 28.8 Å². The largest absolute Gasteiger partial charge is 0.368 e. The van der Waals surface area contributed by atoms with E-state index in [1.807, 2.05) is 30.4 Å². The van der Waals surface area contributed by atoms with Gasteiger partial charge in [0, 0.05) is 55.1 Å². The van der Waals surface area contributed by atoms with Crippen molar-refractivity contribution in [2.24, 2.45) is 0 Å². The van der Waals surface area contributed by atoms with Crippen molar-refractivity contribution in [2.75, 3.05) is 36.0 Å². The van der Waals surface area contributed by atoms with E-state index < -0.39 is 0 Å². The second kappa shape index (κ2) is 8.84. The first-order valence-corrected chi connectivity index (χ1v) is 10.3. The Kier molecular flexibility index (Phi) is 5.81. The first kappa shape index (κ1) is 19.1. The van der Waals surface area contributed by atoms with Crippen molar-refractivity contribution in [1.29, 1.82) is 0 Å². The predicted molar refractivity (Wildman–Crippen MR) is 120 cm³/mol. The fraction of sp³-hybridized carbons (Fsp3) is 0.269. The summed E-state index contributed by atoms with van der Waals surface area (Å²) in [7, 11) is 0. The highest BCUT2D eigenvalue weighted by Gasteiger charge is 2.18. The van der Waals surface area contributed by atoms with E-state index in [4.69, 9.17) is 0 Å². The summed E-state index contributed by atoms with van der Waals surface area (Å²) in [6, 6.07) is 16.7. The average molecular weight is 383 g/mol. The van der Waals surface area contributed by atoms with Crippen molar-refractivity contribution < 1.29 is 4.79 Å².